The molecule has 0 aliphatic rings. The molecule has 0 saturated carbocycles. The number of para-hydroxylation sites is 1. The maximum Gasteiger partial charge on any atom is 0.342 e. The number of phenols is 1. The van der Waals surface area contributed by atoms with Gasteiger partial charge in [0.1, 0.15) is 11.3 Å². The average Bonchev–Trinajstić information content (AvgIpc) is 2.15. The molecule has 1 rings (SSSR count). The molecule has 76 valence electrons. The van der Waals surface area contributed by atoms with Crippen LogP contribution in [0.15, 0.2) is 24.3 Å². The van der Waals surface area contributed by atoms with Gasteiger partial charge in [-0.15, -0.1) is 0 Å². The van der Waals surface area contributed by atoms with Crippen molar-refractivity contribution in [1.82, 2.24) is 0 Å². The third-order valence-electron chi connectivity index (χ3n) is 1.46. The summed E-state index contributed by atoms with van der Waals surface area (Å²) in [6.45, 7) is -0.965. The molecule has 1 aromatic rings. The molecule has 0 aromatic heterocycles. The molecular formula is C9H8F2O3. The molecule has 0 atom stereocenters. The van der Waals surface area contributed by atoms with Crippen molar-refractivity contribution in [3.63, 3.8) is 0 Å². The highest BCUT2D eigenvalue weighted by Gasteiger charge is 2.13. The van der Waals surface area contributed by atoms with Crippen LogP contribution < -0.4 is 0 Å². The van der Waals surface area contributed by atoms with E-state index < -0.39 is 19.0 Å². The highest BCUT2D eigenvalue weighted by atomic mass is 19.3. The van der Waals surface area contributed by atoms with Crippen LogP contribution in [0, 0.1) is 0 Å². The number of carbonyl (C=O) groups excluding carboxylic acids is 1. The first-order valence-electron chi connectivity index (χ1n) is 3.84. The van der Waals surface area contributed by atoms with Crippen molar-refractivity contribution in [1.29, 1.82) is 0 Å². The van der Waals surface area contributed by atoms with Gasteiger partial charge in [-0.05, 0) is 12.1 Å². The Hall–Kier alpha value is -1.65. The Morgan fingerprint density at radius 3 is 2.64 bits per heavy atom. The van der Waals surface area contributed by atoms with Gasteiger partial charge in [0.25, 0.3) is 6.43 Å². The predicted octanol–water partition coefficient (Wildman–Crippen LogP) is 1.81. The largest absolute Gasteiger partial charge is 0.507 e. The molecule has 1 aromatic carbocycles. The molecule has 0 saturated heterocycles. The topological polar surface area (TPSA) is 46.5 Å². The second-order valence-corrected chi connectivity index (χ2v) is 2.51. The Kier molecular flexibility index (Phi) is 3.39. The van der Waals surface area contributed by atoms with Crippen LogP contribution in [0.1, 0.15) is 10.4 Å². The van der Waals surface area contributed by atoms with E-state index in [1.807, 2.05) is 0 Å². The van der Waals surface area contributed by atoms with Gasteiger partial charge < -0.3 is 9.84 Å². The number of halogens is 2. The Morgan fingerprint density at radius 2 is 2.07 bits per heavy atom. The van der Waals surface area contributed by atoms with Gasteiger partial charge in [0.2, 0.25) is 0 Å². The zero-order valence-electron chi connectivity index (χ0n) is 7.11. The Balaban J connectivity index is 2.65. The monoisotopic (exact) mass is 202 g/mol. The quantitative estimate of drug-likeness (QED) is 0.760. The van der Waals surface area contributed by atoms with Gasteiger partial charge in [0.15, 0.2) is 6.61 Å². The normalized spacial score (nSPS) is 10.2. The molecule has 0 heterocycles. The molecule has 0 unspecified atom stereocenters. The van der Waals surface area contributed by atoms with Crippen molar-refractivity contribution in [3.05, 3.63) is 29.8 Å². The van der Waals surface area contributed by atoms with Crippen LogP contribution >= 0.6 is 0 Å². The van der Waals surface area contributed by atoms with E-state index in [1.165, 1.54) is 24.3 Å². The predicted molar refractivity (Wildman–Crippen MR) is 44.4 cm³/mol. The average molecular weight is 202 g/mol. The lowest BCUT2D eigenvalue weighted by molar-refractivity contribution is 0.0157. The Bertz CT molecular complexity index is 326. The highest BCUT2D eigenvalue weighted by molar-refractivity contribution is 5.92. The van der Waals surface area contributed by atoms with Crippen LogP contribution in [0.2, 0.25) is 0 Å². The SMILES string of the molecule is O=C(OCC(F)F)c1ccccc1O. The van der Waals surface area contributed by atoms with Gasteiger partial charge in [-0.25, -0.2) is 13.6 Å². The lowest BCUT2D eigenvalue weighted by Crippen LogP contribution is -2.11. The zero-order valence-corrected chi connectivity index (χ0v) is 7.11. The second kappa shape index (κ2) is 4.55. The van der Waals surface area contributed by atoms with Crippen molar-refractivity contribution >= 4 is 5.97 Å². The van der Waals surface area contributed by atoms with Crippen molar-refractivity contribution in [2.45, 2.75) is 6.43 Å². The van der Waals surface area contributed by atoms with Crippen molar-refractivity contribution in [2.75, 3.05) is 6.61 Å². The number of hydrogen-bond acceptors (Lipinski definition) is 3. The number of aromatic hydroxyl groups is 1. The smallest absolute Gasteiger partial charge is 0.342 e. The van der Waals surface area contributed by atoms with Gasteiger partial charge in [0, 0.05) is 0 Å². The summed E-state index contributed by atoms with van der Waals surface area (Å²) in [7, 11) is 0. The Morgan fingerprint density at radius 1 is 1.43 bits per heavy atom. The fraction of sp³-hybridized carbons (Fsp3) is 0.222. The molecule has 0 fully saturated rings. The summed E-state index contributed by atoms with van der Waals surface area (Å²) in [6, 6.07) is 5.58. The minimum absolute atomic E-state index is 0.117. The maximum absolute atomic E-state index is 11.7. The summed E-state index contributed by atoms with van der Waals surface area (Å²) < 4.78 is 27.6. The minimum atomic E-state index is -2.70. The standard InChI is InChI=1S/C9H8F2O3/c10-8(11)5-14-9(13)6-3-1-2-4-7(6)12/h1-4,8,12H,5H2. The zero-order chi connectivity index (χ0) is 10.6. The van der Waals surface area contributed by atoms with Crippen LogP contribution in [-0.4, -0.2) is 24.1 Å². The molecule has 0 bridgehead atoms. The third kappa shape index (κ3) is 2.69. The van der Waals surface area contributed by atoms with Crippen LogP contribution in [0.25, 0.3) is 0 Å². The number of alkyl halides is 2. The Labute approximate surface area is 78.9 Å². The van der Waals surface area contributed by atoms with Crippen molar-refractivity contribution in [3.8, 4) is 5.75 Å². The number of rotatable bonds is 3. The molecule has 0 aliphatic heterocycles. The fourth-order valence-corrected chi connectivity index (χ4v) is 0.863. The van der Waals surface area contributed by atoms with Gasteiger partial charge in [-0.3, -0.25) is 0 Å². The van der Waals surface area contributed by atoms with E-state index in [-0.39, 0.29) is 11.3 Å². The summed E-state index contributed by atoms with van der Waals surface area (Å²) >= 11 is 0. The molecular weight excluding hydrogens is 194 g/mol. The van der Waals surface area contributed by atoms with E-state index in [1.54, 1.807) is 0 Å². The van der Waals surface area contributed by atoms with Gasteiger partial charge in [0.05, 0.1) is 0 Å². The number of carbonyl (C=O) groups is 1. The van der Waals surface area contributed by atoms with Gasteiger partial charge in [-0.1, -0.05) is 12.1 Å². The number of ether oxygens (including phenoxy) is 1. The summed E-state index contributed by atoms with van der Waals surface area (Å²) in [5.74, 6) is -1.24. The molecule has 0 aliphatic carbocycles. The molecule has 1 N–H and O–H groups in total. The van der Waals surface area contributed by atoms with Crippen molar-refractivity contribution < 1.29 is 23.4 Å². The van der Waals surface area contributed by atoms with E-state index in [0.29, 0.717) is 0 Å². The lowest BCUT2D eigenvalue weighted by Gasteiger charge is -2.04. The first-order valence-corrected chi connectivity index (χ1v) is 3.84. The van der Waals surface area contributed by atoms with Crippen LogP contribution in [-0.2, 0) is 4.74 Å². The summed E-state index contributed by atoms with van der Waals surface area (Å²) in [6.07, 6.45) is -2.70. The van der Waals surface area contributed by atoms with Gasteiger partial charge in [-0.2, -0.15) is 0 Å². The summed E-state index contributed by atoms with van der Waals surface area (Å²) in [5, 5.41) is 9.16. The summed E-state index contributed by atoms with van der Waals surface area (Å²) in [4.78, 5) is 11.1. The van der Waals surface area contributed by atoms with Crippen molar-refractivity contribution in [2.24, 2.45) is 0 Å². The number of benzene rings is 1. The van der Waals surface area contributed by atoms with Crippen LogP contribution in [0.5, 0.6) is 5.75 Å². The lowest BCUT2D eigenvalue weighted by atomic mass is 10.2. The first kappa shape index (κ1) is 10.4. The second-order valence-electron chi connectivity index (χ2n) is 2.51. The maximum atomic E-state index is 11.7. The molecule has 0 amide bonds. The fourth-order valence-electron chi connectivity index (χ4n) is 0.863. The van der Waals surface area contributed by atoms with E-state index in [4.69, 9.17) is 5.11 Å². The third-order valence-corrected chi connectivity index (χ3v) is 1.46. The number of esters is 1. The molecule has 14 heavy (non-hydrogen) atoms. The highest BCUT2D eigenvalue weighted by Crippen LogP contribution is 2.16. The first-order chi connectivity index (χ1) is 6.61. The number of phenolic OH excluding ortho intramolecular Hbond substituents is 1. The number of hydrogen-bond donors (Lipinski definition) is 1. The van der Waals surface area contributed by atoms with E-state index in [2.05, 4.69) is 4.74 Å². The molecule has 0 radical (unpaired) electrons. The molecule has 0 spiro atoms. The minimum Gasteiger partial charge on any atom is -0.507 e. The molecule has 5 heteroatoms. The summed E-state index contributed by atoms with van der Waals surface area (Å²) in [5.41, 5.74) is -0.117. The van der Waals surface area contributed by atoms with Crippen LogP contribution in [0.3, 0.4) is 0 Å². The van der Waals surface area contributed by atoms with Crippen LogP contribution in [0.4, 0.5) is 8.78 Å². The van der Waals surface area contributed by atoms with E-state index in [9.17, 15) is 13.6 Å². The van der Waals surface area contributed by atoms with Gasteiger partial charge >= 0.3 is 5.97 Å². The van der Waals surface area contributed by atoms with E-state index >= 15 is 0 Å². The van der Waals surface area contributed by atoms with E-state index in [0.717, 1.165) is 0 Å². The molecule has 3 nitrogen and oxygen atoms in total.